The number of phenols is 1. The number of methoxy groups -OCH3 is 1. The number of carbonyl (C=O) groups excluding carboxylic acids is 4. The topological polar surface area (TPSA) is 145 Å². The molecule has 4 aliphatic rings. The number of ether oxygens (including phenoxy) is 1. The van der Waals surface area contributed by atoms with Crippen LogP contribution in [0.3, 0.4) is 0 Å². The molecule has 45 heavy (non-hydrogen) atoms. The van der Waals surface area contributed by atoms with Crippen molar-refractivity contribution >= 4 is 47.6 Å². The minimum absolute atomic E-state index is 0.139. The first-order valence-electron chi connectivity index (χ1n) is 14.9. The van der Waals surface area contributed by atoms with E-state index >= 15 is 0 Å². The Morgan fingerprint density at radius 1 is 0.844 bits per heavy atom. The third kappa shape index (κ3) is 4.03. The highest BCUT2D eigenvalue weighted by molar-refractivity contribution is 6.58. The largest absolute Gasteiger partial charge is 0.504 e. The number of nitrogens with zero attached hydrogens (tertiary/aromatic N) is 2. The van der Waals surface area contributed by atoms with E-state index in [9.17, 15) is 34.3 Å². The molecule has 2 heterocycles. The minimum Gasteiger partial charge on any atom is -0.504 e. The maximum Gasteiger partial charge on any atom is 0.488 e. The lowest BCUT2D eigenvalue weighted by Gasteiger charge is -2.49. The average Bonchev–Trinajstić information content (AvgIpc) is 3.41. The number of phenolic OH excluding ortho intramolecular Hbond substituents is 1. The number of rotatable bonds is 5. The maximum atomic E-state index is 14.5. The number of fused-ring (bicyclic) bond motifs is 4. The summed E-state index contributed by atoms with van der Waals surface area (Å²) in [5.74, 6) is -5.28. The Morgan fingerprint density at radius 2 is 1.56 bits per heavy atom. The van der Waals surface area contributed by atoms with Crippen LogP contribution in [0.2, 0.25) is 0 Å². The van der Waals surface area contributed by atoms with Gasteiger partial charge in [0.05, 0.1) is 41.7 Å². The highest BCUT2D eigenvalue weighted by Gasteiger charge is 2.68. The van der Waals surface area contributed by atoms with Gasteiger partial charge >= 0.3 is 7.12 Å². The molecule has 0 spiro atoms. The first-order chi connectivity index (χ1) is 21.6. The number of anilines is 2. The van der Waals surface area contributed by atoms with Crippen molar-refractivity contribution in [1.29, 1.82) is 0 Å². The van der Waals surface area contributed by atoms with Crippen LogP contribution in [0.5, 0.6) is 11.5 Å². The van der Waals surface area contributed by atoms with Crippen molar-refractivity contribution in [2.75, 3.05) is 16.9 Å². The summed E-state index contributed by atoms with van der Waals surface area (Å²) in [6.45, 7) is 1.76. The van der Waals surface area contributed by atoms with Crippen LogP contribution in [0.15, 0.2) is 84.4 Å². The van der Waals surface area contributed by atoms with E-state index in [0.717, 1.165) is 10.5 Å². The smallest absolute Gasteiger partial charge is 0.488 e. The molecule has 11 heteroatoms. The van der Waals surface area contributed by atoms with Gasteiger partial charge in [0, 0.05) is 11.5 Å². The molecule has 2 aliphatic carbocycles. The van der Waals surface area contributed by atoms with Gasteiger partial charge in [0.2, 0.25) is 23.6 Å². The molecule has 228 valence electrons. The molecule has 0 radical (unpaired) electrons. The van der Waals surface area contributed by atoms with Crippen molar-refractivity contribution in [2.45, 2.75) is 25.7 Å². The van der Waals surface area contributed by atoms with Crippen molar-refractivity contribution in [3.05, 3.63) is 90.0 Å². The van der Waals surface area contributed by atoms with Gasteiger partial charge in [0.1, 0.15) is 0 Å². The van der Waals surface area contributed by atoms with Crippen LogP contribution in [-0.2, 0) is 19.2 Å². The number of aromatic hydroxyl groups is 1. The second kappa shape index (κ2) is 10.4. The second-order valence-electron chi connectivity index (χ2n) is 12.4. The molecule has 4 amide bonds. The van der Waals surface area contributed by atoms with E-state index in [1.165, 1.54) is 24.1 Å². The Labute approximate surface area is 259 Å². The Morgan fingerprint density at radius 3 is 2.27 bits per heavy atom. The third-order valence-corrected chi connectivity index (χ3v) is 10.3. The summed E-state index contributed by atoms with van der Waals surface area (Å²) >= 11 is 0. The molecule has 3 N–H and O–H groups in total. The molecule has 7 rings (SSSR count). The fourth-order valence-electron chi connectivity index (χ4n) is 8.20. The lowest BCUT2D eigenvalue weighted by molar-refractivity contribution is -0.131. The lowest BCUT2D eigenvalue weighted by atomic mass is 9.51. The first kappa shape index (κ1) is 29.0. The van der Waals surface area contributed by atoms with Gasteiger partial charge < -0.3 is 19.9 Å². The minimum atomic E-state index is -1.78. The van der Waals surface area contributed by atoms with Crippen molar-refractivity contribution in [3.8, 4) is 11.5 Å². The van der Waals surface area contributed by atoms with Gasteiger partial charge in [-0.2, -0.15) is 0 Å². The van der Waals surface area contributed by atoms with E-state index in [-0.39, 0.29) is 41.4 Å². The van der Waals surface area contributed by atoms with Crippen LogP contribution in [0.4, 0.5) is 11.4 Å². The lowest BCUT2D eigenvalue weighted by Crippen LogP contribution is -2.49. The molecule has 1 saturated carbocycles. The zero-order chi connectivity index (χ0) is 31.8. The molecule has 3 aromatic carbocycles. The summed E-state index contributed by atoms with van der Waals surface area (Å²) in [5, 5.41) is 30.8. The Bertz CT molecular complexity index is 1790. The summed E-state index contributed by atoms with van der Waals surface area (Å²) in [6.07, 6.45) is 2.30. The van der Waals surface area contributed by atoms with Gasteiger partial charge in [-0.25, -0.2) is 4.90 Å². The van der Waals surface area contributed by atoms with Crippen molar-refractivity contribution < 1.29 is 39.1 Å². The summed E-state index contributed by atoms with van der Waals surface area (Å²) in [6, 6.07) is 19.7. The fourth-order valence-corrected chi connectivity index (χ4v) is 8.20. The van der Waals surface area contributed by atoms with Crippen LogP contribution in [0.1, 0.15) is 31.2 Å². The highest BCUT2D eigenvalue weighted by Crippen LogP contribution is 2.64. The predicted molar refractivity (Wildman–Crippen MR) is 164 cm³/mol. The van der Waals surface area contributed by atoms with Crippen molar-refractivity contribution in [3.63, 3.8) is 0 Å². The molecular formula is C34H31BN2O8. The molecule has 3 aromatic rings. The monoisotopic (exact) mass is 606 g/mol. The third-order valence-electron chi connectivity index (χ3n) is 10.3. The molecule has 6 atom stereocenters. The van der Waals surface area contributed by atoms with Crippen molar-refractivity contribution in [1.82, 2.24) is 0 Å². The van der Waals surface area contributed by atoms with Crippen LogP contribution in [0.25, 0.3) is 0 Å². The summed E-state index contributed by atoms with van der Waals surface area (Å²) < 4.78 is 5.41. The van der Waals surface area contributed by atoms with Gasteiger partial charge in [-0.05, 0) is 61.5 Å². The van der Waals surface area contributed by atoms with Crippen LogP contribution in [-0.4, -0.2) is 53.0 Å². The number of imide groups is 2. The molecule has 10 nitrogen and oxygen atoms in total. The Hall–Kier alpha value is -4.74. The van der Waals surface area contributed by atoms with Gasteiger partial charge in [0.25, 0.3) is 0 Å². The number of para-hydroxylation sites is 2. The second-order valence-corrected chi connectivity index (χ2v) is 12.4. The predicted octanol–water partition coefficient (Wildman–Crippen LogP) is 2.52. The van der Waals surface area contributed by atoms with Gasteiger partial charge in [-0.1, -0.05) is 54.1 Å². The molecule has 2 aliphatic heterocycles. The fraction of sp³-hybridized carbons (Fsp3) is 0.294. The Kier molecular flexibility index (Phi) is 6.72. The van der Waals surface area contributed by atoms with Crippen LogP contribution >= 0.6 is 0 Å². The molecule has 0 aromatic heterocycles. The number of carbonyl (C=O) groups is 4. The van der Waals surface area contributed by atoms with Crippen LogP contribution < -0.4 is 20.0 Å². The molecule has 2 saturated heterocycles. The first-order valence-corrected chi connectivity index (χ1v) is 14.9. The van der Waals surface area contributed by atoms with E-state index in [2.05, 4.69) is 0 Å². The molecular weight excluding hydrogens is 575 g/mol. The number of benzene rings is 3. The summed E-state index contributed by atoms with van der Waals surface area (Å²) in [5.41, 5.74) is 0.651. The van der Waals surface area contributed by atoms with Gasteiger partial charge in [-0.3, -0.25) is 24.1 Å². The number of hydrogen-bond donors (Lipinski definition) is 3. The van der Waals surface area contributed by atoms with Crippen LogP contribution in [0, 0.1) is 29.1 Å². The number of hydrogen-bond acceptors (Lipinski definition) is 8. The van der Waals surface area contributed by atoms with E-state index in [1.807, 2.05) is 6.08 Å². The molecule has 6 unspecified atom stereocenters. The maximum absolute atomic E-state index is 14.5. The zero-order valence-corrected chi connectivity index (χ0v) is 24.7. The zero-order valence-electron chi connectivity index (χ0n) is 24.7. The van der Waals surface area contributed by atoms with E-state index in [4.69, 9.17) is 4.74 Å². The van der Waals surface area contributed by atoms with E-state index in [0.29, 0.717) is 11.3 Å². The van der Waals surface area contributed by atoms with Crippen molar-refractivity contribution in [2.24, 2.45) is 29.1 Å². The van der Waals surface area contributed by atoms with E-state index < -0.39 is 59.8 Å². The summed E-state index contributed by atoms with van der Waals surface area (Å²) in [7, 11) is -0.347. The molecule has 0 bridgehead atoms. The number of allylic oxidation sites excluding steroid dienone is 2. The SMILES string of the molecule is COc1cccc(C2C3=CCC4C(=O)N(c5cccc(B(O)O)c5)C(=O)C4C3CC3C(=O)N(c4ccccc4)C(=O)C32C)c1O. The standard InChI is InChI=1S/C34H31BN2O8/c1-34-25(31(40)37(33(34)42)19-9-4-3-5-10-19)17-24-21(28(34)23-12-7-13-26(45-2)29(23)38)14-15-22-27(24)32(41)36(30(22)39)20-11-6-8-18(16-20)35(43)44/h3-14,16,22,24-25,27-28,38,43-44H,15,17H2,1-2H3. The average molecular weight is 606 g/mol. The van der Waals surface area contributed by atoms with E-state index in [1.54, 1.807) is 67.6 Å². The number of amides is 4. The normalized spacial score (nSPS) is 28.9. The quantitative estimate of drug-likeness (QED) is 0.228. The Balaban J connectivity index is 1.37. The highest BCUT2D eigenvalue weighted by atomic mass is 16.5. The van der Waals surface area contributed by atoms with Gasteiger partial charge in [-0.15, -0.1) is 0 Å². The van der Waals surface area contributed by atoms with Gasteiger partial charge in [0.15, 0.2) is 11.5 Å². The summed E-state index contributed by atoms with van der Waals surface area (Å²) in [4.78, 5) is 59.0. The molecule has 3 fully saturated rings.